The molecule has 1 heterocycles. The molecule has 6 nitrogen and oxygen atoms in total. The van der Waals surface area contributed by atoms with Gasteiger partial charge in [-0.2, -0.15) is 0 Å². The Morgan fingerprint density at radius 2 is 2.00 bits per heavy atom. The van der Waals surface area contributed by atoms with E-state index >= 15 is 0 Å². The van der Waals surface area contributed by atoms with Gasteiger partial charge >= 0.3 is 5.97 Å². The molecule has 18 heavy (non-hydrogen) atoms. The number of carbonyl (C=O) groups excluding carboxylic acids is 1. The lowest BCUT2D eigenvalue weighted by Crippen LogP contribution is -2.53. The molecule has 3 atom stereocenters. The molecule has 0 spiro atoms. The van der Waals surface area contributed by atoms with E-state index in [4.69, 9.17) is 9.84 Å². The molecule has 0 aromatic carbocycles. The van der Waals surface area contributed by atoms with E-state index in [1.807, 2.05) is 0 Å². The number of carbonyl (C=O) groups is 2. The fourth-order valence-electron chi connectivity index (χ4n) is 2.86. The minimum absolute atomic E-state index is 0.137. The van der Waals surface area contributed by atoms with Gasteiger partial charge in [-0.3, -0.25) is 9.59 Å². The van der Waals surface area contributed by atoms with Crippen LogP contribution in [0, 0.1) is 11.8 Å². The molecule has 2 aliphatic rings. The van der Waals surface area contributed by atoms with Crippen LogP contribution in [0.2, 0.25) is 0 Å². The number of morpholine rings is 1. The smallest absolute Gasteiger partial charge is 0.307 e. The van der Waals surface area contributed by atoms with Crippen LogP contribution in [0.15, 0.2) is 0 Å². The molecule has 102 valence electrons. The van der Waals surface area contributed by atoms with Crippen LogP contribution in [0.5, 0.6) is 0 Å². The summed E-state index contributed by atoms with van der Waals surface area (Å²) < 4.78 is 5.22. The van der Waals surface area contributed by atoms with Crippen molar-refractivity contribution in [3.63, 3.8) is 0 Å². The number of aliphatic carboxylic acids is 1. The summed E-state index contributed by atoms with van der Waals surface area (Å²) in [4.78, 5) is 25.1. The van der Waals surface area contributed by atoms with Gasteiger partial charge < -0.3 is 19.8 Å². The van der Waals surface area contributed by atoms with Crippen LogP contribution < -0.4 is 0 Å². The van der Waals surface area contributed by atoms with Crippen molar-refractivity contribution in [3.8, 4) is 0 Å². The zero-order valence-corrected chi connectivity index (χ0v) is 10.2. The van der Waals surface area contributed by atoms with Crippen LogP contribution in [0.3, 0.4) is 0 Å². The highest BCUT2D eigenvalue weighted by Crippen LogP contribution is 2.34. The monoisotopic (exact) mass is 257 g/mol. The first-order valence-electron chi connectivity index (χ1n) is 6.37. The Hall–Kier alpha value is -1.14. The molecule has 1 amide bonds. The number of nitrogens with zero attached hydrogens (tertiary/aromatic N) is 1. The summed E-state index contributed by atoms with van der Waals surface area (Å²) in [5.41, 5.74) is 0. The first-order chi connectivity index (χ1) is 8.65. The Labute approximate surface area is 106 Å². The number of aliphatic hydroxyl groups excluding tert-OH is 1. The van der Waals surface area contributed by atoms with Crippen molar-refractivity contribution >= 4 is 11.9 Å². The number of carboxylic acid groups (broad SMARTS) is 1. The molecule has 1 saturated heterocycles. The van der Waals surface area contributed by atoms with E-state index in [2.05, 4.69) is 0 Å². The Kier molecular flexibility index (Phi) is 4.19. The molecule has 0 bridgehead atoms. The number of hydrogen-bond acceptors (Lipinski definition) is 4. The van der Waals surface area contributed by atoms with Crippen LogP contribution in [-0.2, 0) is 14.3 Å². The molecular weight excluding hydrogens is 238 g/mol. The summed E-state index contributed by atoms with van der Waals surface area (Å²) in [5.74, 6) is -2.03. The van der Waals surface area contributed by atoms with Gasteiger partial charge in [0.15, 0.2) is 0 Å². The molecule has 2 N–H and O–H groups in total. The lowest BCUT2D eigenvalue weighted by atomic mass is 9.94. The summed E-state index contributed by atoms with van der Waals surface area (Å²) >= 11 is 0. The molecule has 1 aliphatic heterocycles. The van der Waals surface area contributed by atoms with Crippen molar-refractivity contribution < 1.29 is 24.5 Å². The first-order valence-corrected chi connectivity index (χ1v) is 6.37. The number of ether oxygens (including phenoxy) is 1. The second kappa shape index (κ2) is 5.67. The highest BCUT2D eigenvalue weighted by molar-refractivity contribution is 5.85. The predicted octanol–water partition coefficient (Wildman–Crippen LogP) is -0.293. The van der Waals surface area contributed by atoms with Crippen LogP contribution >= 0.6 is 0 Å². The van der Waals surface area contributed by atoms with Crippen molar-refractivity contribution in [2.45, 2.75) is 25.3 Å². The van der Waals surface area contributed by atoms with Crippen LogP contribution in [0.1, 0.15) is 19.3 Å². The van der Waals surface area contributed by atoms with Gasteiger partial charge in [-0.1, -0.05) is 6.42 Å². The zero-order chi connectivity index (χ0) is 13.1. The van der Waals surface area contributed by atoms with E-state index in [0.29, 0.717) is 32.6 Å². The van der Waals surface area contributed by atoms with Crippen LogP contribution in [0.4, 0.5) is 0 Å². The maximum atomic E-state index is 12.4. The van der Waals surface area contributed by atoms with Crippen molar-refractivity contribution in [2.75, 3.05) is 26.4 Å². The number of carboxylic acids is 1. The SMILES string of the molecule is O=C(O)C1CCCC1C(=O)N1CCOCC1CO. The van der Waals surface area contributed by atoms with E-state index in [-0.39, 0.29) is 18.6 Å². The van der Waals surface area contributed by atoms with Gasteiger partial charge in [0.05, 0.1) is 37.7 Å². The minimum Gasteiger partial charge on any atom is -0.481 e. The van der Waals surface area contributed by atoms with Crippen molar-refractivity contribution in [1.29, 1.82) is 0 Å². The van der Waals surface area contributed by atoms with Gasteiger partial charge in [0.2, 0.25) is 5.91 Å². The molecule has 0 radical (unpaired) electrons. The molecule has 1 aliphatic carbocycles. The Morgan fingerprint density at radius 3 is 2.67 bits per heavy atom. The second-order valence-electron chi connectivity index (χ2n) is 4.93. The maximum Gasteiger partial charge on any atom is 0.307 e. The van der Waals surface area contributed by atoms with Crippen LogP contribution in [-0.4, -0.2) is 59.4 Å². The van der Waals surface area contributed by atoms with Crippen molar-refractivity contribution in [1.82, 2.24) is 4.90 Å². The summed E-state index contributed by atoms with van der Waals surface area (Å²) in [7, 11) is 0. The number of hydrogen-bond donors (Lipinski definition) is 2. The fraction of sp³-hybridized carbons (Fsp3) is 0.833. The molecular formula is C12H19NO5. The van der Waals surface area contributed by atoms with Gasteiger partial charge in [-0.25, -0.2) is 0 Å². The normalized spacial score (nSPS) is 32.5. The van der Waals surface area contributed by atoms with Gasteiger partial charge in [0.25, 0.3) is 0 Å². The van der Waals surface area contributed by atoms with Crippen molar-refractivity contribution in [2.24, 2.45) is 11.8 Å². The highest BCUT2D eigenvalue weighted by atomic mass is 16.5. The summed E-state index contributed by atoms with van der Waals surface area (Å²) in [5, 5.41) is 18.3. The third-order valence-corrected chi connectivity index (χ3v) is 3.87. The van der Waals surface area contributed by atoms with E-state index in [0.717, 1.165) is 6.42 Å². The lowest BCUT2D eigenvalue weighted by Gasteiger charge is -2.36. The molecule has 0 aromatic heterocycles. The molecule has 2 rings (SSSR count). The minimum atomic E-state index is -0.889. The third kappa shape index (κ3) is 2.49. The summed E-state index contributed by atoms with van der Waals surface area (Å²) in [6, 6.07) is -0.332. The fourth-order valence-corrected chi connectivity index (χ4v) is 2.86. The maximum absolute atomic E-state index is 12.4. The molecule has 6 heteroatoms. The molecule has 2 fully saturated rings. The summed E-state index contributed by atoms with van der Waals surface area (Å²) in [6.07, 6.45) is 1.98. The zero-order valence-electron chi connectivity index (χ0n) is 10.2. The second-order valence-corrected chi connectivity index (χ2v) is 4.93. The number of rotatable bonds is 3. The molecule has 3 unspecified atom stereocenters. The van der Waals surface area contributed by atoms with Gasteiger partial charge in [0.1, 0.15) is 0 Å². The van der Waals surface area contributed by atoms with E-state index < -0.39 is 17.8 Å². The largest absolute Gasteiger partial charge is 0.481 e. The van der Waals surface area contributed by atoms with E-state index in [1.165, 1.54) is 0 Å². The highest BCUT2D eigenvalue weighted by Gasteiger charge is 2.41. The standard InChI is InChI=1S/C12H19NO5/c14-6-8-7-18-5-4-13(8)11(15)9-2-1-3-10(9)12(16)17/h8-10,14H,1-7H2,(H,16,17). The lowest BCUT2D eigenvalue weighted by molar-refractivity contribution is -0.154. The Balaban J connectivity index is 2.07. The Morgan fingerprint density at radius 1 is 1.28 bits per heavy atom. The van der Waals surface area contributed by atoms with Gasteiger partial charge in [-0.05, 0) is 12.8 Å². The third-order valence-electron chi connectivity index (χ3n) is 3.87. The predicted molar refractivity (Wildman–Crippen MR) is 61.9 cm³/mol. The van der Waals surface area contributed by atoms with Gasteiger partial charge in [-0.15, -0.1) is 0 Å². The van der Waals surface area contributed by atoms with E-state index in [9.17, 15) is 14.7 Å². The Bertz CT molecular complexity index is 332. The number of aliphatic hydroxyl groups is 1. The molecule has 1 saturated carbocycles. The quantitative estimate of drug-likeness (QED) is 0.725. The topological polar surface area (TPSA) is 87.1 Å². The van der Waals surface area contributed by atoms with Crippen LogP contribution in [0.25, 0.3) is 0 Å². The average molecular weight is 257 g/mol. The summed E-state index contributed by atoms with van der Waals surface area (Å²) in [6.45, 7) is 1.07. The van der Waals surface area contributed by atoms with E-state index in [1.54, 1.807) is 4.90 Å². The first kappa shape index (κ1) is 13.3. The average Bonchev–Trinajstić information content (AvgIpc) is 2.87. The van der Waals surface area contributed by atoms with Crippen molar-refractivity contribution in [3.05, 3.63) is 0 Å². The molecule has 0 aromatic rings. The van der Waals surface area contributed by atoms with Gasteiger partial charge in [0, 0.05) is 6.54 Å². The number of amides is 1.